The van der Waals surface area contributed by atoms with Gasteiger partial charge < -0.3 is 10.1 Å². The Kier molecular flexibility index (Phi) is 7.12. The normalized spacial score (nSPS) is 24.2. The summed E-state index contributed by atoms with van der Waals surface area (Å²) in [5.74, 6) is 0.725. The molecule has 1 aliphatic heterocycles. The zero-order valence-corrected chi connectivity index (χ0v) is 21.9. The van der Waals surface area contributed by atoms with Crippen LogP contribution in [-0.2, 0) is 32.5 Å². The predicted molar refractivity (Wildman–Crippen MR) is 136 cm³/mol. The van der Waals surface area contributed by atoms with Crippen molar-refractivity contribution in [3.05, 3.63) is 64.2 Å². The number of ether oxygens (including phenoxy) is 1. The van der Waals surface area contributed by atoms with Crippen molar-refractivity contribution in [2.75, 3.05) is 13.2 Å². The minimum Gasteiger partial charge on any atom is -0.452 e. The molecule has 0 unspecified atom stereocenters. The molecule has 7 nitrogen and oxygen atoms in total. The van der Waals surface area contributed by atoms with E-state index in [4.69, 9.17) is 16.3 Å². The Morgan fingerprint density at radius 3 is 2.64 bits per heavy atom. The summed E-state index contributed by atoms with van der Waals surface area (Å²) in [7, 11) is -3.85. The number of carbonyl (C=O) groups is 2. The summed E-state index contributed by atoms with van der Waals surface area (Å²) in [5, 5.41) is 3.03. The molecule has 0 spiro atoms. The average molecular weight is 531 g/mol. The molecule has 1 amide bonds. The number of halogens is 1. The Hall–Kier alpha value is -2.42. The Labute approximate surface area is 217 Å². The molecular weight excluding hydrogens is 500 g/mol. The van der Waals surface area contributed by atoms with Gasteiger partial charge in [0.05, 0.1) is 15.5 Å². The van der Waals surface area contributed by atoms with E-state index >= 15 is 0 Å². The van der Waals surface area contributed by atoms with Crippen molar-refractivity contribution in [1.29, 1.82) is 0 Å². The summed E-state index contributed by atoms with van der Waals surface area (Å²) in [6.07, 6.45) is 5.53. The van der Waals surface area contributed by atoms with E-state index in [0.29, 0.717) is 24.8 Å². The molecule has 2 bridgehead atoms. The highest BCUT2D eigenvalue weighted by Crippen LogP contribution is 2.49. The molecule has 2 aliphatic carbocycles. The lowest BCUT2D eigenvalue weighted by atomic mass is 9.84. The van der Waals surface area contributed by atoms with Gasteiger partial charge in [0.1, 0.15) is 0 Å². The number of amides is 1. The van der Waals surface area contributed by atoms with Gasteiger partial charge in [-0.3, -0.25) is 4.79 Å². The van der Waals surface area contributed by atoms with Crippen molar-refractivity contribution in [2.45, 2.75) is 56.5 Å². The third-order valence-electron chi connectivity index (χ3n) is 8.05. The molecule has 1 heterocycles. The maximum atomic E-state index is 13.3. The highest BCUT2D eigenvalue weighted by atomic mass is 35.5. The summed E-state index contributed by atoms with van der Waals surface area (Å²) in [6, 6.07) is 11.8. The Morgan fingerprint density at radius 2 is 1.92 bits per heavy atom. The van der Waals surface area contributed by atoms with E-state index in [9.17, 15) is 18.0 Å². The smallest absolute Gasteiger partial charge is 0.340 e. The maximum Gasteiger partial charge on any atom is 0.340 e. The van der Waals surface area contributed by atoms with E-state index in [1.807, 2.05) is 31.2 Å². The van der Waals surface area contributed by atoms with Gasteiger partial charge in [0, 0.05) is 19.1 Å². The van der Waals surface area contributed by atoms with Crippen LogP contribution in [0.1, 0.15) is 54.1 Å². The van der Waals surface area contributed by atoms with Gasteiger partial charge in [-0.25, -0.2) is 13.2 Å². The summed E-state index contributed by atoms with van der Waals surface area (Å²) in [5.41, 5.74) is 2.02. The summed E-state index contributed by atoms with van der Waals surface area (Å²) in [4.78, 5) is 25.2. The van der Waals surface area contributed by atoms with Crippen LogP contribution in [0.4, 0.5) is 0 Å². The van der Waals surface area contributed by atoms with Crippen LogP contribution in [0.3, 0.4) is 0 Å². The van der Waals surface area contributed by atoms with Gasteiger partial charge in [-0.2, -0.15) is 4.31 Å². The zero-order chi connectivity index (χ0) is 25.4. The molecule has 2 aromatic carbocycles. The minimum atomic E-state index is -3.85. The summed E-state index contributed by atoms with van der Waals surface area (Å²) in [6.45, 7) is 2.18. The van der Waals surface area contributed by atoms with Crippen molar-refractivity contribution < 1.29 is 22.7 Å². The van der Waals surface area contributed by atoms with Crippen LogP contribution in [0.15, 0.2) is 47.4 Å². The van der Waals surface area contributed by atoms with E-state index < -0.39 is 22.6 Å². The highest BCUT2D eigenvalue weighted by Gasteiger charge is 2.42. The van der Waals surface area contributed by atoms with Gasteiger partial charge in [-0.05, 0) is 79.7 Å². The van der Waals surface area contributed by atoms with Crippen LogP contribution < -0.4 is 5.32 Å². The molecule has 2 fully saturated rings. The van der Waals surface area contributed by atoms with Crippen LogP contribution in [0.5, 0.6) is 0 Å². The number of rotatable bonds is 7. The lowest BCUT2D eigenvalue weighted by Gasteiger charge is -2.28. The summed E-state index contributed by atoms with van der Waals surface area (Å²) >= 11 is 6.21. The quantitative estimate of drug-likeness (QED) is 0.542. The topological polar surface area (TPSA) is 92.8 Å². The van der Waals surface area contributed by atoms with Crippen molar-refractivity contribution >= 4 is 33.5 Å². The second-order valence-electron chi connectivity index (χ2n) is 10.3. The number of nitrogens with zero attached hydrogens (tertiary/aromatic N) is 1. The van der Waals surface area contributed by atoms with Gasteiger partial charge in [0.25, 0.3) is 5.91 Å². The molecule has 0 radical (unpaired) electrons. The summed E-state index contributed by atoms with van der Waals surface area (Å²) < 4.78 is 33.2. The van der Waals surface area contributed by atoms with Crippen molar-refractivity contribution in [1.82, 2.24) is 9.62 Å². The van der Waals surface area contributed by atoms with Crippen molar-refractivity contribution in [3.63, 3.8) is 0 Å². The molecule has 5 rings (SSSR count). The second kappa shape index (κ2) is 10.1. The standard InChI is InChI=1S/C27H31ClN2O5S/c1-17(23-13-18-6-7-20(23)12-18)29-26(31)16-35-27(32)24-14-22(8-9-25(24)28)36(33,34)30-11-10-19-4-2-3-5-21(19)15-30/h2-5,8-9,14,17-18,20,23H,6-7,10-13,15-16H2,1H3,(H,29,31)/t17-,18-,20-,23-/m1/s1. The molecule has 3 aliphatic rings. The van der Waals surface area contributed by atoms with E-state index in [0.717, 1.165) is 23.5 Å². The molecule has 9 heteroatoms. The minimum absolute atomic E-state index is 0.0261. The van der Waals surface area contributed by atoms with Gasteiger partial charge in [0.15, 0.2) is 6.61 Å². The number of sulfonamides is 1. The molecule has 0 saturated heterocycles. The number of esters is 1. The third-order valence-corrected chi connectivity index (χ3v) is 10.2. The molecule has 2 saturated carbocycles. The third kappa shape index (κ3) is 5.04. The average Bonchev–Trinajstić information content (AvgIpc) is 3.51. The van der Waals surface area contributed by atoms with E-state index in [1.54, 1.807) is 0 Å². The first-order valence-corrected chi connectivity index (χ1v) is 14.4. The van der Waals surface area contributed by atoms with Crippen LogP contribution >= 0.6 is 11.6 Å². The fourth-order valence-corrected chi connectivity index (χ4v) is 7.80. The van der Waals surface area contributed by atoms with E-state index in [2.05, 4.69) is 5.32 Å². The van der Waals surface area contributed by atoms with E-state index in [1.165, 1.54) is 41.8 Å². The lowest BCUT2D eigenvalue weighted by molar-refractivity contribution is -0.125. The van der Waals surface area contributed by atoms with Crippen LogP contribution in [-0.4, -0.2) is 43.8 Å². The van der Waals surface area contributed by atoms with Crippen LogP contribution in [0.25, 0.3) is 0 Å². The molecule has 36 heavy (non-hydrogen) atoms. The number of hydrogen-bond donors (Lipinski definition) is 1. The number of fused-ring (bicyclic) bond motifs is 3. The Bertz CT molecular complexity index is 1280. The first-order valence-electron chi connectivity index (χ1n) is 12.6. The fourth-order valence-electron chi connectivity index (χ4n) is 6.16. The monoisotopic (exact) mass is 530 g/mol. The molecule has 0 aromatic heterocycles. The lowest BCUT2D eigenvalue weighted by Crippen LogP contribution is -2.42. The molecule has 1 N–H and O–H groups in total. The number of benzene rings is 2. The first kappa shape index (κ1) is 25.2. The van der Waals surface area contributed by atoms with Crippen molar-refractivity contribution in [2.24, 2.45) is 17.8 Å². The molecule has 192 valence electrons. The second-order valence-corrected chi connectivity index (χ2v) is 12.6. The largest absolute Gasteiger partial charge is 0.452 e. The number of nitrogens with one attached hydrogen (secondary N) is 1. The first-order chi connectivity index (χ1) is 17.2. The molecule has 2 aromatic rings. The Morgan fingerprint density at radius 1 is 1.14 bits per heavy atom. The fraction of sp³-hybridized carbons (Fsp3) is 0.481. The highest BCUT2D eigenvalue weighted by molar-refractivity contribution is 7.89. The van der Waals surface area contributed by atoms with Gasteiger partial charge in [-0.15, -0.1) is 0 Å². The SMILES string of the molecule is C[C@@H](NC(=O)COC(=O)c1cc(S(=O)(=O)N2CCc3ccccc3C2)ccc1Cl)[C@H]1C[C@@H]2CC[C@@H]1C2. The molecule has 4 atom stereocenters. The van der Waals surface area contributed by atoms with E-state index in [-0.39, 0.29) is 34.0 Å². The number of carbonyl (C=O) groups excluding carboxylic acids is 2. The molecular formula is C27H31ClN2O5S. The zero-order valence-electron chi connectivity index (χ0n) is 20.3. The number of hydrogen-bond acceptors (Lipinski definition) is 5. The van der Waals surface area contributed by atoms with Gasteiger partial charge >= 0.3 is 5.97 Å². The van der Waals surface area contributed by atoms with Gasteiger partial charge in [0.2, 0.25) is 10.0 Å². The van der Waals surface area contributed by atoms with Crippen molar-refractivity contribution in [3.8, 4) is 0 Å². The predicted octanol–water partition coefficient (Wildman–Crippen LogP) is 4.18. The van der Waals surface area contributed by atoms with Crippen LogP contribution in [0, 0.1) is 17.8 Å². The Balaban J connectivity index is 1.22. The maximum absolute atomic E-state index is 13.3. The van der Waals surface area contributed by atoms with Gasteiger partial charge in [-0.1, -0.05) is 42.3 Å². The van der Waals surface area contributed by atoms with Crippen LogP contribution in [0.2, 0.25) is 5.02 Å².